The molecule has 152 valence electrons. The number of aliphatic imine (C=N–C) groups is 1. The van der Waals surface area contributed by atoms with E-state index in [9.17, 15) is 10.1 Å². The Hall–Kier alpha value is -3.61. The lowest BCUT2D eigenvalue weighted by molar-refractivity contribution is -0.384. The lowest BCUT2D eigenvalue weighted by Gasteiger charge is -2.07. The molecular formula is C23H14Cl2N4O2. The smallest absolute Gasteiger partial charge is 0.258 e. The number of halogens is 2. The summed E-state index contributed by atoms with van der Waals surface area (Å²) in [5.74, 6) is 0.260. The third-order valence-electron chi connectivity index (χ3n) is 4.43. The molecule has 0 bridgehead atoms. The Morgan fingerprint density at radius 1 is 0.774 bits per heavy atom. The summed E-state index contributed by atoms with van der Waals surface area (Å²) in [7, 11) is 0. The van der Waals surface area contributed by atoms with Gasteiger partial charge < -0.3 is 0 Å². The molecule has 0 atom stereocenters. The van der Waals surface area contributed by atoms with Gasteiger partial charge in [-0.2, -0.15) is 0 Å². The quantitative estimate of drug-likeness (QED) is 0.191. The van der Waals surface area contributed by atoms with Gasteiger partial charge in [-0.1, -0.05) is 47.5 Å². The second-order valence-electron chi connectivity index (χ2n) is 6.56. The predicted octanol–water partition coefficient (Wildman–Crippen LogP) is 6.78. The van der Waals surface area contributed by atoms with Crippen molar-refractivity contribution in [3.05, 3.63) is 105 Å². The van der Waals surface area contributed by atoms with Crippen LogP contribution in [0.4, 0.5) is 11.6 Å². The zero-order valence-corrected chi connectivity index (χ0v) is 17.5. The minimum absolute atomic E-state index is 0.0108. The summed E-state index contributed by atoms with van der Waals surface area (Å²) in [5, 5.41) is 12.2. The van der Waals surface area contributed by atoms with Gasteiger partial charge in [-0.25, -0.2) is 15.0 Å². The van der Waals surface area contributed by atoms with E-state index in [4.69, 9.17) is 23.2 Å². The van der Waals surface area contributed by atoms with Crippen molar-refractivity contribution in [1.82, 2.24) is 9.97 Å². The van der Waals surface area contributed by atoms with Gasteiger partial charge in [-0.3, -0.25) is 10.1 Å². The van der Waals surface area contributed by atoms with Gasteiger partial charge in [-0.05, 0) is 48.0 Å². The third kappa shape index (κ3) is 5.12. The van der Waals surface area contributed by atoms with E-state index in [2.05, 4.69) is 15.0 Å². The molecule has 8 heteroatoms. The van der Waals surface area contributed by atoms with E-state index in [1.54, 1.807) is 42.6 Å². The highest BCUT2D eigenvalue weighted by Crippen LogP contribution is 2.28. The molecule has 0 saturated heterocycles. The highest BCUT2D eigenvalue weighted by Gasteiger charge is 2.10. The van der Waals surface area contributed by atoms with Crippen molar-refractivity contribution in [2.75, 3.05) is 0 Å². The van der Waals surface area contributed by atoms with Crippen LogP contribution in [0.15, 0.2) is 83.9 Å². The van der Waals surface area contributed by atoms with Crippen molar-refractivity contribution in [2.45, 2.75) is 0 Å². The van der Waals surface area contributed by atoms with E-state index in [1.165, 1.54) is 12.1 Å². The van der Waals surface area contributed by atoms with E-state index in [-0.39, 0.29) is 11.6 Å². The number of benzene rings is 3. The average Bonchev–Trinajstić information content (AvgIpc) is 2.79. The first-order chi connectivity index (χ1) is 15.0. The SMILES string of the molecule is O=[N+]([O-])c1ccc(-c2cc(-c3ccc(Cl)cc3)nc(/N=C/c3ccc(Cl)cc3)n2)cc1. The monoisotopic (exact) mass is 448 g/mol. The number of nitro groups is 1. The van der Waals surface area contributed by atoms with E-state index in [1.807, 2.05) is 30.3 Å². The maximum absolute atomic E-state index is 11.0. The molecule has 0 aliphatic carbocycles. The molecule has 0 aliphatic heterocycles. The number of rotatable bonds is 5. The van der Waals surface area contributed by atoms with E-state index < -0.39 is 4.92 Å². The van der Waals surface area contributed by atoms with Crippen LogP contribution in [0.2, 0.25) is 10.0 Å². The zero-order valence-electron chi connectivity index (χ0n) is 15.9. The van der Waals surface area contributed by atoms with Crippen LogP contribution >= 0.6 is 23.2 Å². The van der Waals surface area contributed by atoms with E-state index in [0.29, 0.717) is 27.0 Å². The van der Waals surface area contributed by atoms with Crippen LogP contribution in [0.3, 0.4) is 0 Å². The normalized spacial score (nSPS) is 11.0. The van der Waals surface area contributed by atoms with Crippen LogP contribution in [0.1, 0.15) is 5.56 Å². The number of hydrogen-bond acceptors (Lipinski definition) is 5. The van der Waals surface area contributed by atoms with Gasteiger partial charge in [0.15, 0.2) is 0 Å². The van der Waals surface area contributed by atoms with Gasteiger partial charge in [0.1, 0.15) is 0 Å². The highest BCUT2D eigenvalue weighted by molar-refractivity contribution is 6.30. The molecule has 0 amide bonds. The molecule has 0 spiro atoms. The summed E-state index contributed by atoms with van der Waals surface area (Å²) in [6.07, 6.45) is 1.65. The first-order valence-corrected chi connectivity index (χ1v) is 9.93. The van der Waals surface area contributed by atoms with Crippen molar-refractivity contribution in [3.8, 4) is 22.5 Å². The maximum Gasteiger partial charge on any atom is 0.269 e. The molecule has 0 saturated carbocycles. The number of non-ortho nitro benzene ring substituents is 1. The van der Waals surface area contributed by atoms with Crippen molar-refractivity contribution < 1.29 is 4.92 Å². The first-order valence-electron chi connectivity index (χ1n) is 9.17. The maximum atomic E-state index is 11.0. The minimum Gasteiger partial charge on any atom is -0.258 e. The molecule has 1 aromatic heterocycles. The van der Waals surface area contributed by atoms with Crippen molar-refractivity contribution >= 4 is 41.1 Å². The van der Waals surface area contributed by atoms with Gasteiger partial charge >= 0.3 is 0 Å². The van der Waals surface area contributed by atoms with Crippen LogP contribution < -0.4 is 0 Å². The number of aromatic nitrogens is 2. The number of nitrogens with zero attached hydrogens (tertiary/aromatic N) is 4. The van der Waals surface area contributed by atoms with Gasteiger partial charge in [0.2, 0.25) is 5.95 Å². The standard InChI is InChI=1S/C23H14Cl2N4O2/c24-18-7-1-15(2-8-18)14-26-23-27-21(16-3-9-19(25)10-4-16)13-22(28-23)17-5-11-20(12-6-17)29(30)31/h1-14H/b26-14+. The fourth-order valence-electron chi connectivity index (χ4n) is 2.84. The third-order valence-corrected chi connectivity index (χ3v) is 4.93. The topological polar surface area (TPSA) is 81.3 Å². The summed E-state index contributed by atoms with van der Waals surface area (Å²) in [4.78, 5) is 24.0. The van der Waals surface area contributed by atoms with Crippen molar-refractivity contribution in [1.29, 1.82) is 0 Å². The lowest BCUT2D eigenvalue weighted by atomic mass is 10.1. The molecule has 1 heterocycles. The Morgan fingerprint density at radius 3 is 1.77 bits per heavy atom. The Bertz CT molecular complexity index is 1260. The number of hydrogen-bond donors (Lipinski definition) is 0. The largest absolute Gasteiger partial charge is 0.269 e. The fourth-order valence-corrected chi connectivity index (χ4v) is 3.10. The molecule has 0 fully saturated rings. The summed E-state index contributed by atoms with van der Waals surface area (Å²) < 4.78 is 0. The van der Waals surface area contributed by atoms with E-state index in [0.717, 1.165) is 11.1 Å². The Labute approximate surface area is 188 Å². The highest BCUT2D eigenvalue weighted by atomic mass is 35.5. The second-order valence-corrected chi connectivity index (χ2v) is 7.43. The summed E-state index contributed by atoms with van der Waals surface area (Å²) in [6, 6.07) is 22.5. The van der Waals surface area contributed by atoms with Crippen LogP contribution in [0.25, 0.3) is 22.5 Å². The molecular weight excluding hydrogens is 435 g/mol. The first kappa shape index (κ1) is 20.7. The molecule has 0 N–H and O–H groups in total. The van der Waals surface area contributed by atoms with E-state index >= 15 is 0 Å². The Morgan fingerprint density at radius 2 is 1.26 bits per heavy atom. The van der Waals surface area contributed by atoms with Gasteiger partial charge in [0, 0.05) is 39.5 Å². The van der Waals surface area contributed by atoms with Gasteiger partial charge in [0.25, 0.3) is 5.69 Å². The summed E-state index contributed by atoms with van der Waals surface area (Å²) >= 11 is 11.9. The molecule has 0 radical (unpaired) electrons. The second kappa shape index (κ2) is 9.04. The molecule has 4 rings (SSSR count). The van der Waals surface area contributed by atoms with Gasteiger partial charge in [0.05, 0.1) is 16.3 Å². The predicted molar refractivity (Wildman–Crippen MR) is 123 cm³/mol. The summed E-state index contributed by atoms with van der Waals surface area (Å²) in [6.45, 7) is 0. The van der Waals surface area contributed by atoms with Crippen LogP contribution in [-0.2, 0) is 0 Å². The molecule has 3 aromatic carbocycles. The molecule has 0 aliphatic rings. The average molecular weight is 449 g/mol. The zero-order chi connectivity index (χ0) is 21.8. The van der Waals surface area contributed by atoms with Crippen molar-refractivity contribution in [3.63, 3.8) is 0 Å². The minimum atomic E-state index is -0.440. The fraction of sp³-hybridized carbons (Fsp3) is 0. The molecule has 6 nitrogen and oxygen atoms in total. The Kier molecular flexibility index (Phi) is 6.02. The summed E-state index contributed by atoms with van der Waals surface area (Å²) in [5.41, 5.74) is 3.67. The lowest BCUT2D eigenvalue weighted by Crippen LogP contribution is -1.93. The molecule has 31 heavy (non-hydrogen) atoms. The molecule has 0 unspecified atom stereocenters. The Balaban J connectivity index is 1.77. The van der Waals surface area contributed by atoms with Crippen LogP contribution in [-0.4, -0.2) is 21.1 Å². The van der Waals surface area contributed by atoms with Crippen molar-refractivity contribution in [2.24, 2.45) is 4.99 Å². The number of nitro benzene ring substituents is 1. The van der Waals surface area contributed by atoms with Gasteiger partial charge in [-0.15, -0.1) is 0 Å². The molecule has 4 aromatic rings. The van der Waals surface area contributed by atoms with Crippen LogP contribution in [0.5, 0.6) is 0 Å². The van der Waals surface area contributed by atoms with Crippen LogP contribution in [0, 0.1) is 10.1 Å².